The second kappa shape index (κ2) is 7.24. The summed E-state index contributed by atoms with van der Waals surface area (Å²) in [6, 6.07) is 14.0. The van der Waals surface area contributed by atoms with Gasteiger partial charge in [-0.1, -0.05) is 24.3 Å². The molecular formula is C22H26N2O3. The molecule has 0 bridgehead atoms. The zero-order chi connectivity index (χ0) is 18.9. The van der Waals surface area contributed by atoms with Crippen molar-refractivity contribution in [2.75, 3.05) is 26.8 Å². The molecule has 5 heteroatoms. The number of ether oxygens (including phenoxy) is 2. The molecule has 0 unspecified atom stereocenters. The number of carbonyl (C=O) groups is 1. The van der Waals surface area contributed by atoms with Crippen LogP contribution in [0.1, 0.15) is 29.5 Å². The van der Waals surface area contributed by atoms with Gasteiger partial charge in [0.25, 0.3) is 0 Å². The SMILES string of the molecule is COc1cccc(CC(=O)N2CCC3(CC2)COc2ccc(CN)cc23)c1. The molecule has 2 aromatic rings. The van der Waals surface area contributed by atoms with Crippen LogP contribution < -0.4 is 15.2 Å². The molecule has 0 aromatic heterocycles. The lowest BCUT2D eigenvalue weighted by atomic mass is 9.74. The number of hydrogen-bond acceptors (Lipinski definition) is 4. The molecule has 2 heterocycles. The highest BCUT2D eigenvalue weighted by Gasteiger charge is 2.43. The summed E-state index contributed by atoms with van der Waals surface area (Å²) >= 11 is 0. The molecule has 1 amide bonds. The number of amides is 1. The predicted octanol–water partition coefficient (Wildman–Crippen LogP) is 2.65. The quantitative estimate of drug-likeness (QED) is 0.903. The van der Waals surface area contributed by atoms with E-state index >= 15 is 0 Å². The van der Waals surface area contributed by atoms with Crippen LogP contribution in [-0.2, 0) is 23.2 Å². The first-order valence-electron chi connectivity index (χ1n) is 9.50. The third-order valence-electron chi connectivity index (χ3n) is 5.92. The molecule has 142 valence electrons. The minimum Gasteiger partial charge on any atom is -0.497 e. The average molecular weight is 366 g/mol. The largest absolute Gasteiger partial charge is 0.497 e. The lowest BCUT2D eigenvalue weighted by Gasteiger charge is -2.38. The van der Waals surface area contributed by atoms with E-state index in [4.69, 9.17) is 15.2 Å². The van der Waals surface area contributed by atoms with Gasteiger partial charge in [0.2, 0.25) is 5.91 Å². The highest BCUT2D eigenvalue weighted by atomic mass is 16.5. The third-order valence-corrected chi connectivity index (χ3v) is 5.92. The molecule has 5 nitrogen and oxygen atoms in total. The van der Waals surface area contributed by atoms with E-state index in [-0.39, 0.29) is 11.3 Å². The van der Waals surface area contributed by atoms with Crippen molar-refractivity contribution in [3.8, 4) is 11.5 Å². The second-order valence-electron chi connectivity index (χ2n) is 7.51. The van der Waals surface area contributed by atoms with Crippen LogP contribution in [0.2, 0.25) is 0 Å². The second-order valence-corrected chi connectivity index (χ2v) is 7.51. The van der Waals surface area contributed by atoms with Crippen LogP contribution in [0.25, 0.3) is 0 Å². The minimum absolute atomic E-state index is 0.0211. The van der Waals surface area contributed by atoms with E-state index in [1.54, 1.807) is 7.11 Å². The Labute approximate surface area is 160 Å². The number of carbonyl (C=O) groups excluding carboxylic acids is 1. The summed E-state index contributed by atoms with van der Waals surface area (Å²) < 4.78 is 11.2. The van der Waals surface area contributed by atoms with Crippen LogP contribution in [0.4, 0.5) is 0 Å². The first kappa shape index (κ1) is 17.9. The predicted molar refractivity (Wildman–Crippen MR) is 104 cm³/mol. The van der Waals surface area contributed by atoms with Gasteiger partial charge in [-0.25, -0.2) is 0 Å². The van der Waals surface area contributed by atoms with Gasteiger partial charge in [-0.2, -0.15) is 0 Å². The molecule has 2 N–H and O–H groups in total. The first-order valence-corrected chi connectivity index (χ1v) is 9.50. The van der Waals surface area contributed by atoms with Crippen molar-refractivity contribution in [2.24, 2.45) is 5.73 Å². The van der Waals surface area contributed by atoms with Crippen molar-refractivity contribution in [3.63, 3.8) is 0 Å². The molecule has 1 spiro atoms. The van der Waals surface area contributed by atoms with E-state index < -0.39 is 0 Å². The number of likely N-dealkylation sites (tertiary alicyclic amines) is 1. The number of fused-ring (bicyclic) bond motifs is 2. The van der Waals surface area contributed by atoms with Crippen molar-refractivity contribution < 1.29 is 14.3 Å². The number of piperidine rings is 1. The minimum atomic E-state index is 0.0211. The van der Waals surface area contributed by atoms with Crippen molar-refractivity contribution in [3.05, 3.63) is 59.2 Å². The fourth-order valence-electron chi connectivity index (χ4n) is 4.20. The van der Waals surface area contributed by atoms with E-state index in [0.29, 0.717) is 19.6 Å². The van der Waals surface area contributed by atoms with Crippen molar-refractivity contribution in [2.45, 2.75) is 31.2 Å². The number of nitrogens with two attached hydrogens (primary N) is 1. The number of hydrogen-bond donors (Lipinski definition) is 1. The number of nitrogens with zero attached hydrogens (tertiary/aromatic N) is 1. The Morgan fingerprint density at radius 3 is 2.74 bits per heavy atom. The standard InChI is InChI=1S/C22H26N2O3/c1-26-18-4-2-3-16(11-18)13-21(25)24-9-7-22(8-10-24)15-27-20-6-5-17(14-23)12-19(20)22/h2-6,11-12H,7-10,13-15,23H2,1H3. The summed E-state index contributed by atoms with van der Waals surface area (Å²) in [6.07, 6.45) is 2.27. The Kier molecular flexibility index (Phi) is 4.79. The Morgan fingerprint density at radius 2 is 2.00 bits per heavy atom. The lowest BCUT2D eigenvalue weighted by Crippen LogP contribution is -2.46. The number of rotatable bonds is 4. The number of methoxy groups -OCH3 is 1. The zero-order valence-electron chi connectivity index (χ0n) is 15.7. The van der Waals surface area contributed by atoms with Crippen molar-refractivity contribution in [1.29, 1.82) is 0 Å². The maximum absolute atomic E-state index is 12.8. The molecule has 1 fully saturated rings. The topological polar surface area (TPSA) is 64.8 Å². The van der Waals surface area contributed by atoms with Crippen LogP contribution in [-0.4, -0.2) is 37.6 Å². The van der Waals surface area contributed by atoms with Crippen molar-refractivity contribution >= 4 is 5.91 Å². The Balaban J connectivity index is 1.43. The van der Waals surface area contributed by atoms with Gasteiger partial charge in [-0.15, -0.1) is 0 Å². The third kappa shape index (κ3) is 3.39. The van der Waals surface area contributed by atoms with Crippen LogP contribution in [0, 0.1) is 0 Å². The van der Waals surface area contributed by atoms with Gasteiger partial charge in [-0.3, -0.25) is 4.79 Å². The summed E-state index contributed by atoms with van der Waals surface area (Å²) in [7, 11) is 1.64. The molecule has 0 aliphatic carbocycles. The number of benzene rings is 2. The molecule has 0 saturated carbocycles. The maximum Gasteiger partial charge on any atom is 0.226 e. The summed E-state index contributed by atoms with van der Waals surface area (Å²) in [6.45, 7) is 2.76. The molecular weight excluding hydrogens is 340 g/mol. The van der Waals surface area contributed by atoms with Gasteiger partial charge in [-0.05, 0) is 42.2 Å². The summed E-state index contributed by atoms with van der Waals surface area (Å²) in [5, 5.41) is 0. The smallest absolute Gasteiger partial charge is 0.226 e. The first-order chi connectivity index (χ1) is 13.1. The Hall–Kier alpha value is -2.53. The van der Waals surface area contributed by atoms with E-state index in [9.17, 15) is 4.79 Å². The summed E-state index contributed by atoms with van der Waals surface area (Å²) in [5.74, 6) is 1.93. The van der Waals surface area contributed by atoms with Crippen LogP contribution in [0.3, 0.4) is 0 Å². The summed E-state index contributed by atoms with van der Waals surface area (Å²) in [5.41, 5.74) is 9.23. The Morgan fingerprint density at radius 1 is 1.19 bits per heavy atom. The molecule has 0 radical (unpaired) electrons. The van der Waals surface area contributed by atoms with Gasteiger partial charge in [0.1, 0.15) is 11.5 Å². The maximum atomic E-state index is 12.8. The van der Waals surface area contributed by atoms with Gasteiger partial charge in [0.05, 0.1) is 20.1 Å². The highest BCUT2D eigenvalue weighted by molar-refractivity contribution is 5.79. The van der Waals surface area contributed by atoms with Crippen molar-refractivity contribution in [1.82, 2.24) is 4.90 Å². The van der Waals surface area contributed by atoms with Gasteiger partial charge in [0, 0.05) is 30.6 Å². The van der Waals surface area contributed by atoms with E-state index in [1.807, 2.05) is 41.3 Å². The summed E-state index contributed by atoms with van der Waals surface area (Å²) in [4.78, 5) is 14.7. The van der Waals surface area contributed by atoms with E-state index in [1.165, 1.54) is 5.56 Å². The fraction of sp³-hybridized carbons (Fsp3) is 0.409. The van der Waals surface area contributed by atoms with Gasteiger partial charge < -0.3 is 20.1 Å². The zero-order valence-corrected chi connectivity index (χ0v) is 15.7. The molecule has 2 aromatic carbocycles. The molecule has 27 heavy (non-hydrogen) atoms. The monoisotopic (exact) mass is 366 g/mol. The van der Waals surface area contributed by atoms with Crippen LogP contribution >= 0.6 is 0 Å². The fourth-order valence-corrected chi connectivity index (χ4v) is 4.20. The molecule has 1 saturated heterocycles. The lowest BCUT2D eigenvalue weighted by molar-refractivity contribution is -0.132. The Bertz CT molecular complexity index is 841. The van der Waals surface area contributed by atoms with Gasteiger partial charge in [0.15, 0.2) is 0 Å². The van der Waals surface area contributed by atoms with Gasteiger partial charge >= 0.3 is 0 Å². The molecule has 2 aliphatic heterocycles. The average Bonchev–Trinajstić information content (AvgIpc) is 3.06. The molecule has 0 atom stereocenters. The van der Waals surface area contributed by atoms with E-state index in [0.717, 1.165) is 48.6 Å². The highest BCUT2D eigenvalue weighted by Crippen LogP contribution is 2.45. The van der Waals surface area contributed by atoms with Crippen LogP contribution in [0.5, 0.6) is 11.5 Å². The van der Waals surface area contributed by atoms with Crippen LogP contribution in [0.15, 0.2) is 42.5 Å². The molecule has 4 rings (SSSR count). The normalized spacial score (nSPS) is 17.5. The molecule has 2 aliphatic rings. The van der Waals surface area contributed by atoms with E-state index in [2.05, 4.69) is 6.07 Å².